The second-order valence-electron chi connectivity index (χ2n) is 3.17. The maximum absolute atomic E-state index is 12.9. The number of anilines is 1. The fraction of sp³-hybridized carbons (Fsp3) is 0.444. The first-order chi connectivity index (χ1) is 6.49. The third kappa shape index (κ3) is 3.38. The van der Waals surface area contributed by atoms with E-state index in [1.54, 1.807) is 13.0 Å². The van der Waals surface area contributed by atoms with Crippen LogP contribution in [0.4, 0.5) is 10.2 Å². The van der Waals surface area contributed by atoms with Gasteiger partial charge in [0.25, 0.3) is 0 Å². The number of aliphatic hydroxyl groups is 1. The molecule has 2 N–H and O–H groups in total. The maximum Gasteiger partial charge on any atom is 0.215 e. The van der Waals surface area contributed by atoms with Gasteiger partial charge in [0.1, 0.15) is 5.82 Å². The predicted octanol–water partition coefficient (Wildman–Crippen LogP) is 2.01. The summed E-state index contributed by atoms with van der Waals surface area (Å²) in [6.07, 6.45) is -0.502. The molecule has 0 spiro atoms. The molecule has 0 saturated heterocycles. The van der Waals surface area contributed by atoms with Crippen LogP contribution in [-0.2, 0) is 0 Å². The fourth-order valence-electron chi connectivity index (χ4n) is 0.893. The Labute approximate surface area is 95.9 Å². The molecule has 3 nitrogen and oxygen atoms in total. The molecular formula is C9H12FIN2O. The fourth-order valence-corrected chi connectivity index (χ4v) is 1.45. The molecule has 0 fully saturated rings. The van der Waals surface area contributed by atoms with Crippen LogP contribution in [-0.4, -0.2) is 22.2 Å². The van der Waals surface area contributed by atoms with Crippen LogP contribution in [0.2, 0.25) is 0 Å². The van der Waals surface area contributed by atoms with E-state index in [0.29, 0.717) is 5.82 Å². The van der Waals surface area contributed by atoms with E-state index < -0.39 is 12.1 Å². The molecule has 0 aliphatic carbocycles. The lowest BCUT2D eigenvalue weighted by Gasteiger charge is -2.17. The van der Waals surface area contributed by atoms with E-state index in [1.165, 1.54) is 6.07 Å². The van der Waals surface area contributed by atoms with E-state index >= 15 is 0 Å². The number of nitrogens with zero attached hydrogens (tertiary/aromatic N) is 1. The van der Waals surface area contributed by atoms with Gasteiger partial charge in [0.05, 0.1) is 12.1 Å². The van der Waals surface area contributed by atoms with Gasteiger partial charge >= 0.3 is 0 Å². The average molecular weight is 310 g/mol. The van der Waals surface area contributed by atoms with Crippen LogP contribution in [0.15, 0.2) is 12.1 Å². The number of aromatic nitrogens is 1. The summed E-state index contributed by atoms with van der Waals surface area (Å²) in [4.78, 5) is 3.66. The minimum absolute atomic E-state index is 0.153. The average Bonchev–Trinajstić information content (AvgIpc) is 2.01. The van der Waals surface area contributed by atoms with E-state index in [4.69, 9.17) is 0 Å². The van der Waals surface area contributed by atoms with Crippen LogP contribution in [0.25, 0.3) is 0 Å². The van der Waals surface area contributed by atoms with Crippen molar-refractivity contribution in [2.45, 2.75) is 26.0 Å². The molecule has 1 rings (SSSR count). The van der Waals surface area contributed by atoms with Crippen molar-refractivity contribution < 1.29 is 9.50 Å². The van der Waals surface area contributed by atoms with Crippen LogP contribution >= 0.6 is 22.6 Å². The lowest BCUT2D eigenvalue weighted by molar-refractivity contribution is 0.177. The zero-order valence-electron chi connectivity index (χ0n) is 7.96. The molecule has 1 aromatic rings. The smallest absolute Gasteiger partial charge is 0.215 e. The first-order valence-corrected chi connectivity index (χ1v) is 5.34. The highest BCUT2D eigenvalue weighted by molar-refractivity contribution is 14.1. The SMILES string of the molecule is CC(O)C(C)Nc1cc(I)cc(F)n1. The second kappa shape index (κ2) is 4.88. The van der Waals surface area contributed by atoms with Gasteiger partial charge in [-0.1, -0.05) is 0 Å². The second-order valence-corrected chi connectivity index (χ2v) is 4.41. The van der Waals surface area contributed by atoms with Crippen LogP contribution in [0, 0.1) is 9.52 Å². The van der Waals surface area contributed by atoms with Crippen molar-refractivity contribution in [1.29, 1.82) is 0 Å². The largest absolute Gasteiger partial charge is 0.391 e. The van der Waals surface area contributed by atoms with Crippen molar-refractivity contribution in [2.24, 2.45) is 0 Å². The summed E-state index contributed by atoms with van der Waals surface area (Å²) in [5.41, 5.74) is 0. The van der Waals surface area contributed by atoms with Gasteiger partial charge in [0.2, 0.25) is 5.95 Å². The van der Waals surface area contributed by atoms with Crippen molar-refractivity contribution in [3.05, 3.63) is 21.7 Å². The van der Waals surface area contributed by atoms with Gasteiger partial charge in [-0.05, 0) is 42.5 Å². The predicted molar refractivity (Wildman–Crippen MR) is 61.7 cm³/mol. The Morgan fingerprint density at radius 1 is 1.50 bits per heavy atom. The van der Waals surface area contributed by atoms with Gasteiger partial charge < -0.3 is 10.4 Å². The molecule has 78 valence electrons. The van der Waals surface area contributed by atoms with E-state index in [-0.39, 0.29) is 6.04 Å². The summed E-state index contributed by atoms with van der Waals surface area (Å²) in [5.74, 6) is -0.0695. The van der Waals surface area contributed by atoms with Gasteiger partial charge in [-0.15, -0.1) is 0 Å². The third-order valence-corrected chi connectivity index (χ3v) is 2.48. The lowest BCUT2D eigenvalue weighted by atomic mass is 10.2. The topological polar surface area (TPSA) is 45.1 Å². The summed E-state index contributed by atoms with van der Waals surface area (Å²) in [6, 6.07) is 2.92. The minimum atomic E-state index is -0.516. The Hall–Kier alpha value is -0.430. The number of pyridine rings is 1. The highest BCUT2D eigenvalue weighted by Crippen LogP contribution is 2.13. The van der Waals surface area contributed by atoms with E-state index in [2.05, 4.69) is 10.3 Å². The summed E-state index contributed by atoms with van der Waals surface area (Å²) in [7, 11) is 0. The van der Waals surface area contributed by atoms with Crippen LogP contribution in [0.1, 0.15) is 13.8 Å². The molecule has 0 aliphatic heterocycles. The third-order valence-electron chi connectivity index (χ3n) is 1.86. The number of hydrogen-bond donors (Lipinski definition) is 2. The van der Waals surface area contributed by atoms with Crippen LogP contribution in [0.3, 0.4) is 0 Å². The summed E-state index contributed by atoms with van der Waals surface area (Å²) < 4.78 is 13.6. The summed E-state index contributed by atoms with van der Waals surface area (Å²) in [6.45, 7) is 3.48. The molecule has 1 heterocycles. The minimum Gasteiger partial charge on any atom is -0.391 e. The molecule has 0 bridgehead atoms. The van der Waals surface area contributed by atoms with E-state index in [0.717, 1.165) is 3.57 Å². The number of halogens is 2. The molecular weight excluding hydrogens is 298 g/mol. The van der Waals surface area contributed by atoms with Crippen molar-refractivity contribution in [3.8, 4) is 0 Å². The number of aliphatic hydroxyl groups excluding tert-OH is 1. The monoisotopic (exact) mass is 310 g/mol. The van der Waals surface area contributed by atoms with Crippen molar-refractivity contribution in [2.75, 3.05) is 5.32 Å². The van der Waals surface area contributed by atoms with Gasteiger partial charge in [-0.2, -0.15) is 4.39 Å². The molecule has 5 heteroatoms. The Kier molecular flexibility index (Phi) is 4.06. The van der Waals surface area contributed by atoms with Gasteiger partial charge in [0, 0.05) is 9.64 Å². The first kappa shape index (κ1) is 11.6. The van der Waals surface area contributed by atoms with Crippen molar-refractivity contribution in [1.82, 2.24) is 4.98 Å². The van der Waals surface area contributed by atoms with Gasteiger partial charge in [-0.25, -0.2) is 4.98 Å². The Morgan fingerprint density at radius 2 is 2.14 bits per heavy atom. The van der Waals surface area contributed by atoms with Crippen molar-refractivity contribution in [3.63, 3.8) is 0 Å². The molecule has 2 atom stereocenters. The molecule has 0 amide bonds. The molecule has 14 heavy (non-hydrogen) atoms. The van der Waals surface area contributed by atoms with E-state index in [9.17, 15) is 9.50 Å². The summed E-state index contributed by atoms with van der Waals surface area (Å²) >= 11 is 2.01. The standard InChI is InChI=1S/C9H12FIN2O/c1-5(6(2)14)12-9-4-7(11)3-8(10)13-9/h3-6,14H,1-2H3,(H,12,13). The maximum atomic E-state index is 12.9. The Morgan fingerprint density at radius 3 is 2.64 bits per heavy atom. The number of nitrogens with one attached hydrogen (secondary N) is 1. The quantitative estimate of drug-likeness (QED) is 0.663. The zero-order chi connectivity index (χ0) is 10.7. The molecule has 2 unspecified atom stereocenters. The van der Waals surface area contributed by atoms with Crippen LogP contribution in [0.5, 0.6) is 0 Å². The number of hydrogen-bond acceptors (Lipinski definition) is 3. The van der Waals surface area contributed by atoms with E-state index in [1.807, 2.05) is 29.5 Å². The Balaban J connectivity index is 2.76. The molecule has 0 aliphatic rings. The van der Waals surface area contributed by atoms with Gasteiger partial charge in [0.15, 0.2) is 0 Å². The normalized spacial score (nSPS) is 14.9. The molecule has 0 saturated carbocycles. The first-order valence-electron chi connectivity index (χ1n) is 4.26. The van der Waals surface area contributed by atoms with Gasteiger partial charge in [-0.3, -0.25) is 0 Å². The number of rotatable bonds is 3. The highest BCUT2D eigenvalue weighted by Gasteiger charge is 2.09. The highest BCUT2D eigenvalue weighted by atomic mass is 127. The van der Waals surface area contributed by atoms with Crippen molar-refractivity contribution >= 4 is 28.4 Å². The molecule has 1 aromatic heterocycles. The molecule has 0 radical (unpaired) electrons. The Bertz CT molecular complexity index is 299. The van der Waals surface area contributed by atoms with Crippen LogP contribution < -0.4 is 5.32 Å². The zero-order valence-corrected chi connectivity index (χ0v) is 10.1. The molecule has 0 aromatic carbocycles. The lowest BCUT2D eigenvalue weighted by Crippen LogP contribution is -2.28. The summed E-state index contributed by atoms with van der Waals surface area (Å²) in [5, 5.41) is 12.2.